The van der Waals surface area contributed by atoms with Crippen molar-refractivity contribution >= 4 is 33.1 Å². The number of nitrogens with zero attached hydrogens (tertiary/aromatic N) is 2. The lowest BCUT2D eigenvalue weighted by Crippen LogP contribution is -2.14. The molecule has 0 spiro atoms. The number of hydrogen-bond donors (Lipinski definition) is 1. The van der Waals surface area contributed by atoms with Crippen molar-refractivity contribution in [3.63, 3.8) is 0 Å². The number of benzene rings is 2. The van der Waals surface area contributed by atoms with Crippen LogP contribution in [0.15, 0.2) is 53.1 Å². The molecule has 0 atom stereocenters. The summed E-state index contributed by atoms with van der Waals surface area (Å²) in [5.74, 6) is 0.495. The molecular formula is C21H19N3O2S. The lowest BCUT2D eigenvalue weighted by atomic mass is 10.0. The zero-order valence-electron chi connectivity index (χ0n) is 15.3. The Kier molecular flexibility index (Phi) is 4.49. The van der Waals surface area contributed by atoms with Crippen LogP contribution in [0, 0.1) is 6.92 Å². The smallest absolute Gasteiger partial charge is 0.261 e. The first kappa shape index (κ1) is 17.4. The number of thiazole rings is 1. The average Bonchev–Trinajstić information content (AvgIpc) is 3.25. The molecule has 5 nitrogen and oxygen atoms in total. The molecule has 2 aromatic heterocycles. The summed E-state index contributed by atoms with van der Waals surface area (Å²) in [6.45, 7) is 5.73. The van der Waals surface area contributed by atoms with Gasteiger partial charge in [-0.3, -0.25) is 4.79 Å². The van der Waals surface area contributed by atoms with Crippen LogP contribution in [0.1, 0.15) is 41.6 Å². The fourth-order valence-electron chi connectivity index (χ4n) is 2.94. The summed E-state index contributed by atoms with van der Waals surface area (Å²) < 4.78 is 6.46. The van der Waals surface area contributed by atoms with E-state index in [-0.39, 0.29) is 11.8 Å². The van der Waals surface area contributed by atoms with Crippen LogP contribution in [0.4, 0.5) is 5.69 Å². The molecule has 4 rings (SSSR count). The lowest BCUT2D eigenvalue weighted by molar-refractivity contribution is 0.102. The van der Waals surface area contributed by atoms with E-state index < -0.39 is 0 Å². The summed E-state index contributed by atoms with van der Waals surface area (Å²) in [5, 5.41) is 7.83. The third kappa shape index (κ3) is 3.36. The van der Waals surface area contributed by atoms with Crippen LogP contribution in [0.3, 0.4) is 0 Å². The number of anilines is 1. The van der Waals surface area contributed by atoms with Crippen LogP contribution in [0.5, 0.6) is 0 Å². The van der Waals surface area contributed by atoms with Gasteiger partial charge in [0.05, 0.1) is 15.9 Å². The zero-order chi connectivity index (χ0) is 19.0. The van der Waals surface area contributed by atoms with Crippen molar-refractivity contribution in [3.8, 4) is 10.6 Å². The number of rotatable bonds is 4. The summed E-state index contributed by atoms with van der Waals surface area (Å²) in [6, 6.07) is 15.8. The Morgan fingerprint density at radius 3 is 2.56 bits per heavy atom. The SMILES string of the molecule is Cc1noc(C(C)C)c1C(=O)Nc1ccc(-c2nc3ccccc3s2)cc1. The van der Waals surface area contributed by atoms with E-state index in [0.29, 0.717) is 17.0 Å². The van der Waals surface area contributed by atoms with Crippen molar-refractivity contribution in [2.75, 3.05) is 5.32 Å². The van der Waals surface area contributed by atoms with Crippen LogP contribution >= 0.6 is 11.3 Å². The van der Waals surface area contributed by atoms with E-state index in [1.54, 1.807) is 18.3 Å². The molecule has 0 saturated heterocycles. The quantitative estimate of drug-likeness (QED) is 0.500. The average molecular weight is 377 g/mol. The molecule has 0 aliphatic rings. The fourth-order valence-corrected chi connectivity index (χ4v) is 3.91. The summed E-state index contributed by atoms with van der Waals surface area (Å²) in [6.07, 6.45) is 0. The number of fused-ring (bicyclic) bond motifs is 1. The second-order valence-corrected chi connectivity index (χ2v) is 7.71. The molecule has 2 heterocycles. The van der Waals surface area contributed by atoms with Crippen molar-refractivity contribution in [1.29, 1.82) is 0 Å². The second kappa shape index (κ2) is 6.96. The first-order chi connectivity index (χ1) is 13.0. The van der Waals surface area contributed by atoms with Gasteiger partial charge in [0, 0.05) is 17.2 Å². The molecule has 1 amide bonds. The van der Waals surface area contributed by atoms with Gasteiger partial charge in [-0.2, -0.15) is 0 Å². The topological polar surface area (TPSA) is 68.0 Å². The molecule has 0 aliphatic carbocycles. The predicted octanol–water partition coefficient (Wildman–Crippen LogP) is 5.64. The fraction of sp³-hybridized carbons (Fsp3) is 0.190. The highest BCUT2D eigenvalue weighted by Crippen LogP contribution is 2.31. The Morgan fingerprint density at radius 2 is 1.85 bits per heavy atom. The minimum atomic E-state index is -0.204. The molecule has 27 heavy (non-hydrogen) atoms. The van der Waals surface area contributed by atoms with Gasteiger partial charge in [-0.15, -0.1) is 11.3 Å². The highest BCUT2D eigenvalue weighted by Gasteiger charge is 2.22. The molecular weight excluding hydrogens is 358 g/mol. The zero-order valence-corrected chi connectivity index (χ0v) is 16.1. The Balaban J connectivity index is 1.56. The van der Waals surface area contributed by atoms with Gasteiger partial charge in [-0.25, -0.2) is 4.98 Å². The first-order valence-electron chi connectivity index (χ1n) is 8.76. The molecule has 0 radical (unpaired) electrons. The van der Waals surface area contributed by atoms with Crippen molar-refractivity contribution in [3.05, 3.63) is 65.5 Å². The molecule has 136 valence electrons. The maximum atomic E-state index is 12.7. The normalized spacial score (nSPS) is 11.3. The number of carbonyl (C=O) groups excluding carboxylic acids is 1. The number of hydrogen-bond acceptors (Lipinski definition) is 5. The summed E-state index contributed by atoms with van der Waals surface area (Å²) in [7, 11) is 0. The van der Waals surface area contributed by atoms with Gasteiger partial charge in [0.2, 0.25) is 0 Å². The standard InChI is InChI=1S/C21H19N3O2S/c1-12(2)19-18(13(3)24-26-19)20(25)22-15-10-8-14(9-11-15)21-23-16-6-4-5-7-17(16)27-21/h4-12H,1-3H3,(H,22,25). The monoisotopic (exact) mass is 377 g/mol. The summed E-state index contributed by atoms with van der Waals surface area (Å²) >= 11 is 1.66. The Hall–Kier alpha value is -2.99. The Morgan fingerprint density at radius 1 is 1.11 bits per heavy atom. The van der Waals surface area contributed by atoms with Gasteiger partial charge in [-0.05, 0) is 43.3 Å². The Labute approximate surface area is 161 Å². The first-order valence-corrected chi connectivity index (χ1v) is 9.58. The minimum absolute atomic E-state index is 0.0911. The predicted molar refractivity (Wildman–Crippen MR) is 108 cm³/mol. The van der Waals surface area contributed by atoms with Crippen molar-refractivity contribution in [1.82, 2.24) is 10.1 Å². The molecule has 1 N–H and O–H groups in total. The van der Waals surface area contributed by atoms with E-state index in [0.717, 1.165) is 26.5 Å². The molecule has 0 saturated carbocycles. The van der Waals surface area contributed by atoms with Gasteiger partial charge in [0.25, 0.3) is 5.91 Å². The molecule has 0 unspecified atom stereocenters. The van der Waals surface area contributed by atoms with Gasteiger partial charge in [-0.1, -0.05) is 31.1 Å². The minimum Gasteiger partial charge on any atom is -0.360 e. The van der Waals surface area contributed by atoms with Crippen LogP contribution < -0.4 is 5.32 Å². The van der Waals surface area contributed by atoms with E-state index in [4.69, 9.17) is 4.52 Å². The molecule has 2 aromatic carbocycles. The Bertz CT molecular complexity index is 1080. The number of aromatic nitrogens is 2. The third-order valence-corrected chi connectivity index (χ3v) is 5.41. The van der Waals surface area contributed by atoms with E-state index >= 15 is 0 Å². The molecule has 0 bridgehead atoms. The van der Waals surface area contributed by atoms with E-state index in [9.17, 15) is 4.79 Å². The van der Waals surface area contributed by atoms with Gasteiger partial charge < -0.3 is 9.84 Å². The van der Waals surface area contributed by atoms with E-state index in [1.807, 2.05) is 56.3 Å². The van der Waals surface area contributed by atoms with Crippen molar-refractivity contribution < 1.29 is 9.32 Å². The third-order valence-electron chi connectivity index (χ3n) is 4.32. The highest BCUT2D eigenvalue weighted by molar-refractivity contribution is 7.21. The maximum absolute atomic E-state index is 12.7. The largest absolute Gasteiger partial charge is 0.360 e. The number of carbonyl (C=O) groups is 1. The number of amides is 1. The van der Waals surface area contributed by atoms with Gasteiger partial charge in [0.15, 0.2) is 5.76 Å². The van der Waals surface area contributed by atoms with Crippen LogP contribution in [-0.4, -0.2) is 16.0 Å². The van der Waals surface area contributed by atoms with Crippen LogP contribution in [-0.2, 0) is 0 Å². The maximum Gasteiger partial charge on any atom is 0.261 e. The van der Waals surface area contributed by atoms with Gasteiger partial charge in [0.1, 0.15) is 10.6 Å². The number of aryl methyl sites for hydroxylation is 1. The molecule has 4 aromatic rings. The number of para-hydroxylation sites is 1. The summed E-state index contributed by atoms with van der Waals surface area (Å²) in [5.41, 5.74) is 3.86. The lowest BCUT2D eigenvalue weighted by Gasteiger charge is -2.07. The second-order valence-electron chi connectivity index (χ2n) is 6.68. The van der Waals surface area contributed by atoms with Crippen molar-refractivity contribution in [2.24, 2.45) is 0 Å². The van der Waals surface area contributed by atoms with Gasteiger partial charge >= 0.3 is 0 Å². The van der Waals surface area contributed by atoms with Crippen LogP contribution in [0.25, 0.3) is 20.8 Å². The highest BCUT2D eigenvalue weighted by atomic mass is 32.1. The molecule has 0 fully saturated rings. The van der Waals surface area contributed by atoms with Crippen molar-refractivity contribution in [2.45, 2.75) is 26.7 Å². The summed E-state index contributed by atoms with van der Waals surface area (Å²) in [4.78, 5) is 17.3. The van der Waals surface area contributed by atoms with E-state index in [2.05, 4.69) is 21.5 Å². The number of nitrogens with one attached hydrogen (secondary N) is 1. The molecule has 0 aliphatic heterocycles. The van der Waals surface area contributed by atoms with E-state index in [1.165, 1.54) is 0 Å². The molecule has 6 heteroatoms. The van der Waals surface area contributed by atoms with Crippen LogP contribution in [0.2, 0.25) is 0 Å².